The number of aryl methyl sites for hydroxylation is 2. The standard InChI is InChI=1S/C30H34N4O4/c1-18-10-11-22(15-19(18)2)33-27(35)24-23-12-13-30(38-23)25(24)29(37)34(17-20-7-6-14-31-16-20)26(30)28(36)32-21-8-4-3-5-9-21/h6-7,10-16,21,23-26H,3-5,8-9,17H2,1-2H3,(H,32,36)(H,33,35)/t23-,24?,25-,26?,30+/m1/s1. The van der Waals surface area contributed by atoms with E-state index in [9.17, 15) is 14.4 Å². The Hall–Kier alpha value is -3.52. The quantitative estimate of drug-likeness (QED) is 0.576. The van der Waals surface area contributed by atoms with E-state index >= 15 is 0 Å². The van der Waals surface area contributed by atoms with Crippen LogP contribution in [-0.2, 0) is 25.7 Å². The van der Waals surface area contributed by atoms with Gasteiger partial charge in [-0.2, -0.15) is 0 Å². The first kappa shape index (κ1) is 24.8. The molecule has 5 atom stereocenters. The molecule has 2 aromatic rings. The minimum Gasteiger partial charge on any atom is -0.359 e. The zero-order chi connectivity index (χ0) is 26.4. The largest absolute Gasteiger partial charge is 0.359 e. The molecular formula is C30H34N4O4. The summed E-state index contributed by atoms with van der Waals surface area (Å²) in [6.07, 6.45) is 11.7. The van der Waals surface area contributed by atoms with Gasteiger partial charge < -0.3 is 20.3 Å². The van der Waals surface area contributed by atoms with Crippen LogP contribution in [0.4, 0.5) is 5.69 Å². The van der Waals surface area contributed by atoms with Crippen molar-refractivity contribution >= 4 is 23.4 Å². The fourth-order valence-electron chi connectivity index (χ4n) is 6.70. The van der Waals surface area contributed by atoms with Crippen molar-refractivity contribution in [2.24, 2.45) is 11.8 Å². The molecule has 1 spiro atoms. The van der Waals surface area contributed by atoms with Crippen molar-refractivity contribution in [2.45, 2.75) is 76.3 Å². The summed E-state index contributed by atoms with van der Waals surface area (Å²) in [6, 6.07) is 8.69. The first-order valence-electron chi connectivity index (χ1n) is 13.6. The molecule has 4 heterocycles. The summed E-state index contributed by atoms with van der Waals surface area (Å²) in [5.74, 6) is -2.21. The molecule has 2 unspecified atom stereocenters. The summed E-state index contributed by atoms with van der Waals surface area (Å²) in [5, 5.41) is 6.23. The van der Waals surface area contributed by atoms with Gasteiger partial charge in [-0.05, 0) is 61.6 Å². The molecule has 3 fully saturated rings. The highest BCUT2D eigenvalue weighted by Gasteiger charge is 2.72. The topological polar surface area (TPSA) is 101 Å². The predicted molar refractivity (Wildman–Crippen MR) is 142 cm³/mol. The van der Waals surface area contributed by atoms with Crippen LogP contribution >= 0.6 is 0 Å². The third-order valence-electron chi connectivity index (χ3n) is 8.73. The number of carbonyl (C=O) groups is 3. The minimum atomic E-state index is -1.17. The van der Waals surface area contributed by atoms with Crippen LogP contribution in [0.25, 0.3) is 0 Å². The van der Waals surface area contributed by atoms with Crippen LogP contribution in [0, 0.1) is 25.7 Å². The monoisotopic (exact) mass is 514 g/mol. The zero-order valence-corrected chi connectivity index (χ0v) is 21.9. The van der Waals surface area contributed by atoms with E-state index in [0.717, 1.165) is 42.4 Å². The molecule has 1 aromatic heterocycles. The molecule has 0 radical (unpaired) electrons. The minimum absolute atomic E-state index is 0.0912. The van der Waals surface area contributed by atoms with E-state index in [2.05, 4.69) is 15.6 Å². The second-order valence-electron chi connectivity index (χ2n) is 11.2. The maximum atomic E-state index is 14.1. The highest BCUT2D eigenvalue weighted by atomic mass is 16.5. The Labute approximate surface area is 222 Å². The molecule has 8 nitrogen and oxygen atoms in total. The number of hydrogen-bond acceptors (Lipinski definition) is 5. The van der Waals surface area contributed by atoms with Crippen LogP contribution in [0.5, 0.6) is 0 Å². The molecule has 3 amide bonds. The van der Waals surface area contributed by atoms with E-state index in [1.165, 1.54) is 6.42 Å². The highest BCUT2D eigenvalue weighted by Crippen LogP contribution is 2.55. The lowest BCUT2D eigenvalue weighted by molar-refractivity contribution is -0.142. The van der Waals surface area contributed by atoms with Crippen LogP contribution < -0.4 is 10.6 Å². The Bertz CT molecular complexity index is 1290. The number of likely N-dealkylation sites (tertiary alicyclic amines) is 1. The molecule has 1 saturated carbocycles. The lowest BCUT2D eigenvalue weighted by Crippen LogP contribution is -2.56. The van der Waals surface area contributed by atoms with Crippen LogP contribution in [0.1, 0.15) is 48.8 Å². The van der Waals surface area contributed by atoms with Crippen molar-refractivity contribution in [2.75, 3.05) is 5.32 Å². The molecule has 1 aliphatic carbocycles. The van der Waals surface area contributed by atoms with Gasteiger partial charge in [0.25, 0.3) is 0 Å². The summed E-state index contributed by atoms with van der Waals surface area (Å²) < 4.78 is 6.45. The van der Waals surface area contributed by atoms with Crippen molar-refractivity contribution in [1.29, 1.82) is 0 Å². The van der Waals surface area contributed by atoms with E-state index in [1.54, 1.807) is 17.3 Å². The molecule has 4 aliphatic rings. The molecule has 2 bridgehead atoms. The van der Waals surface area contributed by atoms with Gasteiger partial charge in [-0.15, -0.1) is 0 Å². The van der Waals surface area contributed by atoms with E-state index in [-0.39, 0.29) is 30.3 Å². The Kier molecular flexibility index (Phi) is 6.30. The number of ether oxygens (including phenoxy) is 1. The van der Waals surface area contributed by atoms with Gasteiger partial charge in [-0.25, -0.2) is 0 Å². The molecule has 8 heteroatoms. The lowest BCUT2D eigenvalue weighted by Gasteiger charge is -2.34. The Morgan fingerprint density at radius 2 is 1.92 bits per heavy atom. The Morgan fingerprint density at radius 1 is 1.11 bits per heavy atom. The number of anilines is 1. The third-order valence-corrected chi connectivity index (χ3v) is 8.73. The number of fused-ring (bicyclic) bond motifs is 1. The second kappa shape index (κ2) is 9.66. The fraction of sp³-hybridized carbons (Fsp3) is 0.467. The molecule has 3 aliphatic heterocycles. The van der Waals surface area contributed by atoms with Gasteiger partial charge in [0.05, 0.1) is 17.9 Å². The average molecular weight is 515 g/mol. The molecule has 2 N–H and O–H groups in total. The Balaban J connectivity index is 1.32. The van der Waals surface area contributed by atoms with Gasteiger partial charge in [-0.3, -0.25) is 19.4 Å². The number of nitrogens with one attached hydrogen (secondary N) is 2. The molecule has 198 valence electrons. The number of amides is 3. The number of carbonyl (C=O) groups excluding carboxylic acids is 3. The summed E-state index contributed by atoms with van der Waals surface area (Å²) in [4.78, 5) is 47.4. The van der Waals surface area contributed by atoms with E-state index in [0.29, 0.717) is 5.69 Å². The Morgan fingerprint density at radius 3 is 2.66 bits per heavy atom. The van der Waals surface area contributed by atoms with Crippen molar-refractivity contribution in [3.8, 4) is 0 Å². The first-order valence-corrected chi connectivity index (χ1v) is 13.6. The maximum absolute atomic E-state index is 14.1. The number of nitrogens with zero attached hydrogens (tertiary/aromatic N) is 2. The number of benzene rings is 1. The maximum Gasteiger partial charge on any atom is 0.246 e. The summed E-state index contributed by atoms with van der Waals surface area (Å²) >= 11 is 0. The predicted octanol–water partition coefficient (Wildman–Crippen LogP) is 3.44. The van der Waals surface area contributed by atoms with E-state index < -0.39 is 29.6 Å². The molecule has 6 rings (SSSR count). The number of hydrogen-bond donors (Lipinski definition) is 2. The molecule has 38 heavy (non-hydrogen) atoms. The number of pyridine rings is 1. The molecule has 2 saturated heterocycles. The van der Waals surface area contributed by atoms with Crippen LogP contribution in [-0.4, -0.2) is 51.4 Å². The van der Waals surface area contributed by atoms with E-state index in [4.69, 9.17) is 4.74 Å². The summed E-state index contributed by atoms with van der Waals surface area (Å²) in [6.45, 7) is 4.24. The van der Waals surface area contributed by atoms with Crippen molar-refractivity contribution in [3.63, 3.8) is 0 Å². The first-order chi connectivity index (χ1) is 18.4. The van der Waals surface area contributed by atoms with E-state index in [1.807, 2.05) is 56.3 Å². The van der Waals surface area contributed by atoms with Crippen molar-refractivity contribution < 1.29 is 19.1 Å². The summed E-state index contributed by atoms with van der Waals surface area (Å²) in [5.41, 5.74) is 2.54. The van der Waals surface area contributed by atoms with Gasteiger partial charge in [0.15, 0.2) is 0 Å². The average Bonchev–Trinajstić information content (AvgIpc) is 3.55. The fourth-order valence-corrected chi connectivity index (χ4v) is 6.70. The van der Waals surface area contributed by atoms with Gasteiger partial charge in [-0.1, -0.05) is 43.5 Å². The van der Waals surface area contributed by atoms with Gasteiger partial charge in [0.1, 0.15) is 11.6 Å². The third kappa shape index (κ3) is 4.11. The summed E-state index contributed by atoms with van der Waals surface area (Å²) in [7, 11) is 0. The SMILES string of the molecule is Cc1ccc(NC(=O)C2[C@H]3C=C[C@@]4(O3)C(C(=O)NC3CCCCC3)N(Cc3cccnc3)C(=O)[C@@H]24)cc1C. The lowest BCUT2D eigenvalue weighted by atomic mass is 9.74. The van der Waals surface area contributed by atoms with Crippen LogP contribution in [0.2, 0.25) is 0 Å². The van der Waals surface area contributed by atoms with Crippen molar-refractivity contribution in [1.82, 2.24) is 15.2 Å². The van der Waals surface area contributed by atoms with Gasteiger partial charge in [0.2, 0.25) is 17.7 Å². The van der Waals surface area contributed by atoms with Gasteiger partial charge >= 0.3 is 0 Å². The highest BCUT2D eigenvalue weighted by molar-refractivity contribution is 6.02. The normalized spacial score (nSPS) is 29.9. The van der Waals surface area contributed by atoms with Crippen LogP contribution in [0.15, 0.2) is 54.9 Å². The number of aromatic nitrogens is 1. The molecular weight excluding hydrogens is 480 g/mol. The van der Waals surface area contributed by atoms with Gasteiger partial charge in [0, 0.05) is 30.7 Å². The van der Waals surface area contributed by atoms with Crippen molar-refractivity contribution in [3.05, 3.63) is 71.6 Å². The zero-order valence-electron chi connectivity index (χ0n) is 21.9. The smallest absolute Gasteiger partial charge is 0.246 e. The molecule has 1 aromatic carbocycles. The second-order valence-corrected chi connectivity index (χ2v) is 11.2. The van der Waals surface area contributed by atoms with Crippen LogP contribution in [0.3, 0.4) is 0 Å². The number of rotatable bonds is 6.